The number of unbranched alkanes of at least 4 members (excludes halogenated alkanes) is 12. The maximum absolute atomic E-state index is 15.9. The van der Waals surface area contributed by atoms with Crippen molar-refractivity contribution in [1.82, 2.24) is 36.4 Å². The normalized spacial score (nSPS) is 21.3. The third-order valence-corrected chi connectivity index (χ3v) is 24.2. The number of methoxy groups -OCH3 is 2. The zero-order valence-electron chi connectivity index (χ0n) is 83.7. The molecule has 38 nitrogen and oxygen atoms in total. The number of carbonyl (C=O) groups excluding carboxylic acids is 15. The van der Waals surface area contributed by atoms with Gasteiger partial charge < -0.3 is 117 Å². The molecule has 7 amide bonds. The van der Waals surface area contributed by atoms with Gasteiger partial charge in [0.05, 0.1) is 45.4 Å². The molecule has 776 valence electrons. The van der Waals surface area contributed by atoms with Gasteiger partial charge in [0.1, 0.15) is 79.3 Å². The number of ether oxygens (including phenoxy) is 16. The van der Waals surface area contributed by atoms with Crippen molar-refractivity contribution in [3.8, 4) is 11.5 Å². The number of Topliss-reactive ketones (excluding diaryl/α,β-unsaturated/α-hetero) is 1. The fourth-order valence-corrected chi connectivity index (χ4v) is 17.2. The Balaban J connectivity index is 1.18. The number of nitrogens with one attached hydrogen (secondary N) is 5. The van der Waals surface area contributed by atoms with Crippen LogP contribution < -0.4 is 36.1 Å². The predicted molar refractivity (Wildman–Crippen MR) is 505 cm³/mol. The molecule has 3 heterocycles. The molecule has 0 radical (unpaired) electrons. The van der Waals surface area contributed by atoms with E-state index in [1.165, 1.54) is 74.1 Å². The molecule has 6 rings (SSSR count). The number of esters is 7. The first-order valence-corrected chi connectivity index (χ1v) is 48.8. The fourth-order valence-electron chi connectivity index (χ4n) is 17.2. The topological polar surface area (TPSA) is 470 Å². The third-order valence-electron chi connectivity index (χ3n) is 24.2. The van der Waals surface area contributed by atoms with E-state index < -0.39 is 157 Å². The highest BCUT2D eigenvalue weighted by Crippen LogP contribution is 2.43. The van der Waals surface area contributed by atoms with Crippen LogP contribution in [0.2, 0.25) is 0 Å². The molecule has 3 aromatic carbocycles. The fraction of sp³-hybridized carbons (Fsp3) is 0.673. The van der Waals surface area contributed by atoms with Crippen LogP contribution in [0.1, 0.15) is 254 Å². The summed E-state index contributed by atoms with van der Waals surface area (Å²) in [6.45, 7) is 18.6. The Morgan fingerprint density at radius 1 is 0.374 bits per heavy atom. The predicted octanol–water partition coefficient (Wildman–Crippen LogP) is 9.51. The van der Waals surface area contributed by atoms with Gasteiger partial charge in [-0.15, -0.1) is 0 Å². The van der Waals surface area contributed by atoms with Crippen molar-refractivity contribution in [1.29, 1.82) is 0 Å². The number of carbonyl (C=O) groups is 15. The van der Waals surface area contributed by atoms with Crippen LogP contribution >= 0.6 is 0 Å². The van der Waals surface area contributed by atoms with Crippen LogP contribution in [0.25, 0.3) is 0 Å². The summed E-state index contributed by atoms with van der Waals surface area (Å²) < 4.78 is 94.3. The molecule has 3 fully saturated rings. The van der Waals surface area contributed by atoms with E-state index in [-0.39, 0.29) is 165 Å². The van der Waals surface area contributed by atoms with Gasteiger partial charge in [0.15, 0.2) is 18.9 Å². The molecule has 16 atom stereocenters. The van der Waals surface area contributed by atoms with E-state index in [1.54, 1.807) is 64.2 Å². The summed E-state index contributed by atoms with van der Waals surface area (Å²) in [6.07, 6.45) is 1.11. The number of hydrogen-bond acceptors (Lipinski definition) is 31. The summed E-state index contributed by atoms with van der Waals surface area (Å²) in [5, 5.41) is 14.6. The lowest BCUT2D eigenvalue weighted by molar-refractivity contribution is -0.262. The van der Waals surface area contributed by atoms with Gasteiger partial charge in [-0.25, -0.2) is 0 Å². The number of hydrogen-bond donors (Lipinski definition) is 5. The van der Waals surface area contributed by atoms with E-state index >= 15 is 4.79 Å². The Bertz CT molecular complexity index is 4280. The summed E-state index contributed by atoms with van der Waals surface area (Å²) in [6, 6.07) is 21.7. The molecule has 139 heavy (non-hydrogen) atoms. The molecule has 3 aromatic rings. The molecule has 0 saturated carbocycles. The number of rotatable bonds is 64. The second-order valence-electron chi connectivity index (χ2n) is 35.6. The number of benzene rings is 3. The summed E-state index contributed by atoms with van der Waals surface area (Å²) in [7, 11) is 3.09. The van der Waals surface area contributed by atoms with Crippen LogP contribution in [0, 0.1) is 17.8 Å². The Morgan fingerprint density at radius 2 is 0.712 bits per heavy atom. The molecule has 7 unspecified atom stereocenters. The molecule has 5 N–H and O–H groups in total. The Hall–Kier alpha value is -10.8. The molecule has 3 aliphatic heterocycles. The summed E-state index contributed by atoms with van der Waals surface area (Å²) >= 11 is 0. The second kappa shape index (κ2) is 63.1. The van der Waals surface area contributed by atoms with E-state index in [2.05, 4.69) is 26.6 Å². The third kappa shape index (κ3) is 41.9. The summed E-state index contributed by atoms with van der Waals surface area (Å²) in [5.41, 5.74) is 0.383. The van der Waals surface area contributed by atoms with Crippen LogP contribution in [-0.4, -0.2) is 278 Å². The first-order valence-electron chi connectivity index (χ1n) is 48.8. The summed E-state index contributed by atoms with van der Waals surface area (Å²) in [5.74, 6) is -7.12. The highest BCUT2D eigenvalue weighted by Gasteiger charge is 2.51. The van der Waals surface area contributed by atoms with Crippen LogP contribution in [0.15, 0.2) is 78.9 Å². The lowest BCUT2D eigenvalue weighted by atomic mass is 9.80. The Labute approximate surface area is 816 Å². The smallest absolute Gasteiger partial charge is 0.307 e. The minimum Gasteiger partial charge on any atom is -0.497 e. The largest absolute Gasteiger partial charge is 0.497 e. The van der Waals surface area contributed by atoms with Crippen molar-refractivity contribution in [2.24, 2.45) is 17.8 Å². The van der Waals surface area contributed by atoms with Crippen molar-refractivity contribution in [3.63, 3.8) is 0 Å². The van der Waals surface area contributed by atoms with Gasteiger partial charge >= 0.3 is 41.8 Å². The molecular weight excluding hydrogens is 1810 g/mol. The van der Waals surface area contributed by atoms with E-state index in [9.17, 15) is 67.1 Å². The zero-order chi connectivity index (χ0) is 102. The second-order valence-corrected chi connectivity index (χ2v) is 35.6. The highest BCUT2D eigenvalue weighted by molar-refractivity contribution is 5.86. The SMILES string of the molecule is COc1ccc(C(OCC(OC(=O)CCC(C)=O)C(=O)N(CCCNC(=O)CCCCCCCO[C@@H]2OC(COC(C)=O)[C@H](OC(C)=O)[C@H](C)C2NC(C)=O)CCCN(CCCNC(=O)CCCCCCCO[C@@H]2OC(COC(C)=O)[C@H](OC(C)=O)[C@H](C)C2NC(C)=O)C(=O)CCCCCCCO[C@@H]2OC(COC(C)=O)[C@H](OC(C)=O)[C@H](C)C2NC(C)=O)(c2ccccc2)c2ccc(OC)cc2)cc1. The molecular formula is C101H151N7O31. The van der Waals surface area contributed by atoms with Gasteiger partial charge in [-0.05, 0) is 106 Å². The van der Waals surface area contributed by atoms with Crippen molar-refractivity contribution in [3.05, 3.63) is 95.6 Å². The lowest BCUT2D eigenvalue weighted by Gasteiger charge is -2.44. The average Bonchev–Trinajstić information content (AvgIpc) is 0.749. The van der Waals surface area contributed by atoms with Crippen molar-refractivity contribution in [2.75, 3.05) is 99.7 Å². The van der Waals surface area contributed by atoms with Crippen LogP contribution in [0.5, 0.6) is 11.5 Å². The average molecular weight is 1960 g/mol. The van der Waals surface area contributed by atoms with Crippen molar-refractivity contribution in [2.45, 2.75) is 323 Å². The standard InChI is InChI=1S/C101H151N7O31/c1-65(109)42-51-90(122)136-86(64-132-101(78-37-26-25-27-38-78,79-43-47-81(124-14)48-44-79)80-45-49-82(125-15)50-46-80)97(123)108(55-35-53-103-88(120)40-29-20-17-23-32-59-127-99-92(105-70(6)111)67(3)95(134-76(12)117)84(138-99)62-130-73(9)114)57-36-56-107(89(121)41-30-21-18-24-33-60-128-100-93(106-71(7)112)68(4)96(135-77(13)118)85(139-100)63-131-74(10)115)54-34-52-102-87(119)39-28-19-16-22-31-58-126-98-91(104-69(5)110)66(2)94(133-75(11)116)83(137-98)61-129-72(8)113/h25-27,37-38,43-50,66-68,83-86,91-96,98-100H,16-24,28-36,39-42,51-64H2,1-15H3,(H,102,119)(H,103,120)(H,104,110)(H,105,111)(H,106,112)/t66-,67-,68-,83?,84?,85?,86?,91?,92?,93?,94-,95-,96-,98-,99-,100-/m1/s1. The van der Waals surface area contributed by atoms with Gasteiger partial charge in [-0.3, -0.25) is 67.1 Å². The summed E-state index contributed by atoms with van der Waals surface area (Å²) in [4.78, 5) is 197. The molecule has 3 aliphatic rings. The van der Waals surface area contributed by atoms with Crippen LogP contribution in [-0.2, 0) is 144 Å². The van der Waals surface area contributed by atoms with Crippen LogP contribution in [0.3, 0.4) is 0 Å². The van der Waals surface area contributed by atoms with Gasteiger partial charge in [0.2, 0.25) is 41.5 Å². The van der Waals surface area contributed by atoms with Crippen LogP contribution in [0.4, 0.5) is 0 Å². The van der Waals surface area contributed by atoms with Crippen molar-refractivity contribution < 1.29 is 148 Å². The van der Waals surface area contributed by atoms with Gasteiger partial charge in [-0.1, -0.05) is 133 Å². The van der Waals surface area contributed by atoms with Gasteiger partial charge in [0.25, 0.3) is 5.91 Å². The maximum Gasteiger partial charge on any atom is 0.307 e. The molecule has 38 heteroatoms. The monoisotopic (exact) mass is 1960 g/mol. The minimum absolute atomic E-state index is 0.00760. The first-order chi connectivity index (χ1) is 66.4. The molecule has 0 aliphatic carbocycles. The van der Waals surface area contributed by atoms with E-state index in [1.807, 2.05) is 54.6 Å². The Morgan fingerprint density at radius 3 is 1.06 bits per heavy atom. The Kier molecular flexibility index (Phi) is 53.1. The molecule has 0 aromatic heterocycles. The zero-order valence-corrected chi connectivity index (χ0v) is 83.7. The number of amides is 7. The van der Waals surface area contributed by atoms with E-state index in [4.69, 9.17) is 75.8 Å². The number of nitrogens with zero attached hydrogens (tertiary/aromatic N) is 2. The van der Waals surface area contributed by atoms with Gasteiger partial charge in [-0.2, -0.15) is 0 Å². The molecule has 3 saturated heterocycles. The lowest BCUT2D eigenvalue weighted by Crippen LogP contribution is -2.62. The van der Waals surface area contributed by atoms with Gasteiger partial charge in [0, 0.05) is 165 Å². The number of ketones is 1. The minimum atomic E-state index is -1.64. The molecule has 0 spiro atoms. The van der Waals surface area contributed by atoms with E-state index in [0.29, 0.717) is 98.8 Å². The molecule has 0 bridgehead atoms. The first kappa shape index (κ1) is 117. The quantitative estimate of drug-likeness (QED) is 0.0152. The van der Waals surface area contributed by atoms with Crippen molar-refractivity contribution >= 4 is 88.9 Å². The highest BCUT2D eigenvalue weighted by atomic mass is 16.7. The van der Waals surface area contributed by atoms with E-state index in [0.717, 1.165) is 32.1 Å². The maximum atomic E-state index is 15.9.